The number of rotatable bonds is 5. The van der Waals surface area contributed by atoms with Gasteiger partial charge in [-0.1, -0.05) is 5.16 Å². The number of carbonyl (C=O) groups is 1. The van der Waals surface area contributed by atoms with Gasteiger partial charge in [0.1, 0.15) is 0 Å². The summed E-state index contributed by atoms with van der Waals surface area (Å²) in [6, 6.07) is 0.0176. The Morgan fingerprint density at radius 2 is 2.43 bits per heavy atom. The maximum absolute atomic E-state index is 12.0. The predicted octanol–water partition coefficient (Wildman–Crippen LogP) is 0.150. The Bertz CT molecular complexity index is 444. The molecule has 2 saturated heterocycles. The van der Waals surface area contributed by atoms with Crippen molar-refractivity contribution in [1.82, 2.24) is 25.7 Å². The maximum atomic E-state index is 12.0. The lowest BCUT2D eigenvalue weighted by molar-refractivity contribution is -0.123. The second kappa shape index (κ2) is 7.00. The van der Waals surface area contributed by atoms with Crippen LogP contribution in [0.1, 0.15) is 31.5 Å². The van der Waals surface area contributed by atoms with Crippen molar-refractivity contribution in [3.8, 4) is 0 Å². The Morgan fingerprint density at radius 3 is 3.19 bits per heavy atom. The minimum atomic E-state index is 0.0176. The lowest BCUT2D eigenvalue weighted by Gasteiger charge is -2.32. The van der Waals surface area contributed by atoms with Crippen LogP contribution in [0, 0.1) is 5.92 Å². The van der Waals surface area contributed by atoms with Crippen LogP contribution in [0.3, 0.4) is 0 Å². The molecule has 0 bridgehead atoms. The van der Waals surface area contributed by atoms with E-state index in [2.05, 4.69) is 25.7 Å². The van der Waals surface area contributed by atoms with E-state index < -0.39 is 0 Å². The van der Waals surface area contributed by atoms with Crippen LogP contribution < -0.4 is 10.6 Å². The number of hydrogen-bond acceptors (Lipinski definition) is 6. The van der Waals surface area contributed by atoms with Gasteiger partial charge in [0.25, 0.3) is 0 Å². The number of nitrogens with one attached hydrogen (secondary N) is 2. The summed E-state index contributed by atoms with van der Waals surface area (Å²) in [5.41, 5.74) is 0. The normalized spacial score (nSPS) is 26.9. The zero-order valence-electron chi connectivity index (χ0n) is 12.3. The van der Waals surface area contributed by atoms with Crippen LogP contribution >= 0.6 is 0 Å². The molecule has 0 saturated carbocycles. The van der Waals surface area contributed by atoms with Crippen molar-refractivity contribution >= 4 is 5.91 Å². The van der Waals surface area contributed by atoms with E-state index in [1.165, 1.54) is 12.8 Å². The molecule has 1 aromatic heterocycles. The Labute approximate surface area is 124 Å². The molecule has 0 spiro atoms. The highest BCUT2D eigenvalue weighted by Crippen LogP contribution is 2.17. The van der Waals surface area contributed by atoms with E-state index in [0.29, 0.717) is 5.92 Å². The Morgan fingerprint density at radius 1 is 1.48 bits per heavy atom. The number of nitrogens with zero attached hydrogens (tertiary/aromatic N) is 3. The molecule has 2 fully saturated rings. The van der Waals surface area contributed by atoms with Gasteiger partial charge in [0, 0.05) is 13.1 Å². The summed E-state index contributed by atoms with van der Waals surface area (Å²) in [5, 5.41) is 10.2. The van der Waals surface area contributed by atoms with Crippen LogP contribution in [0.4, 0.5) is 0 Å². The molecular weight excluding hydrogens is 270 g/mol. The average molecular weight is 293 g/mol. The molecule has 0 radical (unpaired) electrons. The molecule has 2 aliphatic heterocycles. The van der Waals surface area contributed by atoms with Crippen molar-refractivity contribution in [2.45, 2.75) is 38.3 Å². The molecule has 0 aliphatic carbocycles. The van der Waals surface area contributed by atoms with Gasteiger partial charge in [0.15, 0.2) is 5.82 Å². The molecule has 2 aliphatic rings. The third-order valence-electron chi connectivity index (χ3n) is 4.32. The molecule has 2 unspecified atom stereocenters. The van der Waals surface area contributed by atoms with Crippen LogP contribution in [0.5, 0.6) is 0 Å². The molecular formula is C14H23N5O2. The van der Waals surface area contributed by atoms with Crippen LogP contribution in [-0.2, 0) is 11.3 Å². The third-order valence-corrected chi connectivity index (χ3v) is 4.32. The molecule has 7 heteroatoms. The molecule has 1 amide bonds. The number of amides is 1. The second-order valence-corrected chi connectivity index (χ2v) is 5.98. The SMILES string of the molecule is O=C(NCC1CCCN(Cc2ncon2)C1)C1CCCN1. The largest absolute Gasteiger partial charge is 0.354 e. The van der Waals surface area contributed by atoms with Gasteiger partial charge >= 0.3 is 0 Å². The van der Waals surface area contributed by atoms with E-state index in [1.54, 1.807) is 0 Å². The van der Waals surface area contributed by atoms with Crippen LogP contribution in [-0.4, -0.2) is 53.2 Å². The van der Waals surface area contributed by atoms with Gasteiger partial charge in [-0.3, -0.25) is 9.69 Å². The van der Waals surface area contributed by atoms with Gasteiger partial charge in [-0.15, -0.1) is 0 Å². The molecule has 3 heterocycles. The fraction of sp³-hybridized carbons (Fsp3) is 0.786. The smallest absolute Gasteiger partial charge is 0.237 e. The molecule has 1 aromatic rings. The summed E-state index contributed by atoms with van der Waals surface area (Å²) in [7, 11) is 0. The molecule has 116 valence electrons. The van der Waals surface area contributed by atoms with Gasteiger partial charge in [-0.2, -0.15) is 4.98 Å². The zero-order valence-corrected chi connectivity index (χ0v) is 12.3. The summed E-state index contributed by atoms with van der Waals surface area (Å²) in [5.74, 6) is 1.40. The van der Waals surface area contributed by atoms with E-state index in [9.17, 15) is 4.79 Å². The maximum Gasteiger partial charge on any atom is 0.237 e. The van der Waals surface area contributed by atoms with E-state index in [1.807, 2.05) is 0 Å². The highest BCUT2D eigenvalue weighted by atomic mass is 16.5. The quantitative estimate of drug-likeness (QED) is 0.804. The first-order chi connectivity index (χ1) is 10.3. The fourth-order valence-electron chi connectivity index (χ4n) is 3.20. The molecule has 0 aromatic carbocycles. The highest BCUT2D eigenvalue weighted by molar-refractivity contribution is 5.81. The average Bonchev–Trinajstić information content (AvgIpc) is 3.18. The number of carbonyl (C=O) groups excluding carboxylic acids is 1. The molecule has 7 nitrogen and oxygen atoms in total. The zero-order chi connectivity index (χ0) is 14.5. The van der Waals surface area contributed by atoms with E-state index in [4.69, 9.17) is 4.52 Å². The first kappa shape index (κ1) is 14.5. The van der Waals surface area contributed by atoms with Gasteiger partial charge in [-0.25, -0.2) is 0 Å². The minimum Gasteiger partial charge on any atom is -0.354 e. The first-order valence-electron chi connectivity index (χ1n) is 7.80. The van der Waals surface area contributed by atoms with Gasteiger partial charge in [-0.05, 0) is 44.7 Å². The van der Waals surface area contributed by atoms with E-state index in [0.717, 1.165) is 57.8 Å². The van der Waals surface area contributed by atoms with E-state index in [-0.39, 0.29) is 11.9 Å². The summed E-state index contributed by atoms with van der Waals surface area (Å²) < 4.78 is 4.77. The molecule has 3 rings (SSSR count). The minimum absolute atomic E-state index is 0.0176. The molecule has 21 heavy (non-hydrogen) atoms. The lowest BCUT2D eigenvalue weighted by atomic mass is 9.98. The van der Waals surface area contributed by atoms with Crippen molar-refractivity contribution < 1.29 is 9.32 Å². The van der Waals surface area contributed by atoms with Crippen molar-refractivity contribution in [2.24, 2.45) is 5.92 Å². The van der Waals surface area contributed by atoms with Crippen molar-refractivity contribution in [3.05, 3.63) is 12.2 Å². The lowest BCUT2D eigenvalue weighted by Crippen LogP contribution is -2.45. The van der Waals surface area contributed by atoms with Crippen molar-refractivity contribution in [3.63, 3.8) is 0 Å². The number of hydrogen-bond donors (Lipinski definition) is 2. The number of likely N-dealkylation sites (tertiary alicyclic amines) is 1. The number of aromatic nitrogens is 2. The molecule has 2 N–H and O–H groups in total. The number of piperidine rings is 1. The highest BCUT2D eigenvalue weighted by Gasteiger charge is 2.25. The van der Waals surface area contributed by atoms with Crippen LogP contribution in [0.15, 0.2) is 10.9 Å². The standard InChI is InChI=1S/C14H23N5O2/c20-14(12-4-1-5-15-12)16-7-11-3-2-6-19(8-11)9-13-17-10-21-18-13/h10-12,15H,1-9H2,(H,16,20). The third kappa shape index (κ3) is 4.01. The predicted molar refractivity (Wildman–Crippen MR) is 76.3 cm³/mol. The summed E-state index contributed by atoms with van der Waals surface area (Å²) in [4.78, 5) is 18.4. The van der Waals surface area contributed by atoms with Gasteiger partial charge in [0.05, 0.1) is 12.6 Å². The first-order valence-corrected chi connectivity index (χ1v) is 7.80. The molecule has 2 atom stereocenters. The fourth-order valence-corrected chi connectivity index (χ4v) is 3.20. The second-order valence-electron chi connectivity index (χ2n) is 5.98. The Balaban J connectivity index is 1.42. The Kier molecular flexibility index (Phi) is 4.82. The van der Waals surface area contributed by atoms with Gasteiger partial charge in [0.2, 0.25) is 12.3 Å². The van der Waals surface area contributed by atoms with Crippen molar-refractivity contribution in [1.29, 1.82) is 0 Å². The van der Waals surface area contributed by atoms with Crippen molar-refractivity contribution in [2.75, 3.05) is 26.2 Å². The van der Waals surface area contributed by atoms with Gasteiger partial charge < -0.3 is 15.2 Å². The Hall–Kier alpha value is -1.47. The summed E-state index contributed by atoms with van der Waals surface area (Å²) in [6.07, 6.45) is 5.74. The van der Waals surface area contributed by atoms with Crippen LogP contribution in [0.2, 0.25) is 0 Å². The topological polar surface area (TPSA) is 83.3 Å². The van der Waals surface area contributed by atoms with E-state index >= 15 is 0 Å². The van der Waals surface area contributed by atoms with Crippen LogP contribution in [0.25, 0.3) is 0 Å². The summed E-state index contributed by atoms with van der Waals surface area (Å²) >= 11 is 0. The monoisotopic (exact) mass is 293 g/mol. The summed E-state index contributed by atoms with van der Waals surface area (Å²) in [6.45, 7) is 4.49.